The van der Waals surface area contributed by atoms with E-state index in [-0.39, 0.29) is 21.2 Å². The molecular formula is C15H12ClN3O6S. The molecule has 0 saturated carbocycles. The first-order chi connectivity index (χ1) is 12.2. The number of carbonyl (C=O) groups is 3. The molecule has 0 fully saturated rings. The Hall–Kier alpha value is -2.98. The largest absolute Gasteiger partial charge is 0.449 e. The summed E-state index contributed by atoms with van der Waals surface area (Å²) in [6, 6.07) is 4.88. The predicted octanol–water partition coefficient (Wildman–Crippen LogP) is 2.59. The lowest BCUT2D eigenvalue weighted by atomic mass is 10.2. The van der Waals surface area contributed by atoms with E-state index >= 15 is 0 Å². The maximum Gasteiger partial charge on any atom is 0.345 e. The standard InChI is InChI=1S/C15H12ClN3O6S/c1-7(13(21)18-14-10(12(17)20)4-5-26-14)25-15(22)9-3-2-8(16)6-11(9)19(23)24/h2-7H,1H3,(H2,17,20)(H,18,21). The molecule has 0 saturated heterocycles. The molecule has 0 radical (unpaired) electrons. The Labute approximate surface area is 155 Å². The lowest BCUT2D eigenvalue weighted by molar-refractivity contribution is -0.385. The van der Waals surface area contributed by atoms with Gasteiger partial charge in [0.05, 0.1) is 10.5 Å². The Morgan fingerprint density at radius 2 is 2.00 bits per heavy atom. The van der Waals surface area contributed by atoms with Crippen LogP contribution in [0.5, 0.6) is 0 Å². The van der Waals surface area contributed by atoms with Crippen LogP contribution in [0.1, 0.15) is 27.6 Å². The summed E-state index contributed by atoms with van der Waals surface area (Å²) in [5.74, 6) is -2.50. The van der Waals surface area contributed by atoms with Crippen molar-refractivity contribution in [2.45, 2.75) is 13.0 Å². The van der Waals surface area contributed by atoms with Crippen molar-refractivity contribution < 1.29 is 24.0 Å². The van der Waals surface area contributed by atoms with E-state index in [4.69, 9.17) is 22.1 Å². The van der Waals surface area contributed by atoms with Gasteiger partial charge in [0, 0.05) is 11.1 Å². The highest BCUT2D eigenvalue weighted by Crippen LogP contribution is 2.25. The number of nitrogens with one attached hydrogen (secondary N) is 1. The number of thiophene rings is 1. The minimum Gasteiger partial charge on any atom is -0.449 e. The van der Waals surface area contributed by atoms with E-state index in [2.05, 4.69) is 5.32 Å². The molecule has 1 unspecified atom stereocenters. The second-order valence-corrected chi connectivity index (χ2v) is 6.34. The summed E-state index contributed by atoms with van der Waals surface area (Å²) in [6.07, 6.45) is -1.28. The zero-order valence-electron chi connectivity index (χ0n) is 13.2. The second-order valence-electron chi connectivity index (χ2n) is 4.98. The molecule has 9 nitrogen and oxygen atoms in total. The van der Waals surface area contributed by atoms with E-state index in [9.17, 15) is 24.5 Å². The van der Waals surface area contributed by atoms with Crippen LogP contribution in [0.4, 0.5) is 10.7 Å². The number of esters is 1. The maximum absolute atomic E-state index is 12.2. The van der Waals surface area contributed by atoms with E-state index in [0.717, 1.165) is 23.5 Å². The third-order valence-corrected chi connectivity index (χ3v) is 4.26. The number of anilines is 1. The molecule has 1 heterocycles. The summed E-state index contributed by atoms with van der Waals surface area (Å²) < 4.78 is 4.97. The molecule has 3 N–H and O–H groups in total. The fourth-order valence-electron chi connectivity index (χ4n) is 1.92. The SMILES string of the molecule is CC(OC(=O)c1ccc(Cl)cc1[N+](=O)[O-])C(=O)Nc1sccc1C(N)=O. The van der Waals surface area contributed by atoms with Crippen molar-refractivity contribution in [2.24, 2.45) is 5.73 Å². The molecule has 1 aromatic carbocycles. The summed E-state index contributed by atoms with van der Waals surface area (Å²) >= 11 is 6.75. The molecule has 2 amide bonds. The topological polar surface area (TPSA) is 142 Å². The molecule has 0 aliphatic rings. The molecule has 1 atom stereocenters. The first-order valence-corrected chi connectivity index (χ1v) is 8.29. The number of benzene rings is 1. The van der Waals surface area contributed by atoms with Crippen molar-refractivity contribution in [3.05, 3.63) is 55.9 Å². The number of primary amides is 1. The Kier molecular flexibility index (Phi) is 5.90. The number of carbonyl (C=O) groups excluding carboxylic acids is 3. The normalized spacial score (nSPS) is 11.5. The average Bonchev–Trinajstić information content (AvgIpc) is 3.02. The summed E-state index contributed by atoms with van der Waals surface area (Å²) in [6.45, 7) is 1.28. The molecule has 0 aliphatic carbocycles. The zero-order valence-corrected chi connectivity index (χ0v) is 14.8. The number of nitro benzene ring substituents is 1. The van der Waals surface area contributed by atoms with Crippen LogP contribution in [0.2, 0.25) is 5.02 Å². The fourth-order valence-corrected chi connectivity index (χ4v) is 2.88. The first kappa shape index (κ1) is 19.3. The molecule has 0 bridgehead atoms. The highest BCUT2D eigenvalue weighted by atomic mass is 35.5. The Morgan fingerprint density at radius 3 is 2.62 bits per heavy atom. The third kappa shape index (κ3) is 4.35. The molecule has 0 spiro atoms. The summed E-state index contributed by atoms with van der Waals surface area (Å²) in [5.41, 5.74) is 4.42. The van der Waals surface area contributed by atoms with Crippen LogP contribution in [0.25, 0.3) is 0 Å². The number of hydrogen-bond donors (Lipinski definition) is 2. The van der Waals surface area contributed by atoms with Gasteiger partial charge in [-0.2, -0.15) is 0 Å². The van der Waals surface area contributed by atoms with Gasteiger partial charge in [-0.25, -0.2) is 4.79 Å². The number of nitrogens with two attached hydrogens (primary N) is 1. The number of halogens is 1. The van der Waals surface area contributed by atoms with Crippen LogP contribution >= 0.6 is 22.9 Å². The molecule has 2 rings (SSSR count). The van der Waals surface area contributed by atoms with Gasteiger partial charge < -0.3 is 15.8 Å². The Balaban J connectivity index is 2.12. The van der Waals surface area contributed by atoms with Gasteiger partial charge in [-0.15, -0.1) is 11.3 Å². The summed E-state index contributed by atoms with van der Waals surface area (Å²) in [4.78, 5) is 45.8. The zero-order chi connectivity index (χ0) is 19.4. The van der Waals surface area contributed by atoms with Gasteiger partial charge in [0.2, 0.25) is 0 Å². The Bertz CT molecular complexity index is 897. The first-order valence-electron chi connectivity index (χ1n) is 7.03. The van der Waals surface area contributed by atoms with Crippen LogP contribution in [0.3, 0.4) is 0 Å². The van der Waals surface area contributed by atoms with Gasteiger partial charge in [-0.3, -0.25) is 19.7 Å². The molecule has 0 aliphatic heterocycles. The van der Waals surface area contributed by atoms with Crippen molar-refractivity contribution in [2.75, 3.05) is 5.32 Å². The summed E-state index contributed by atoms with van der Waals surface area (Å²) in [5, 5.41) is 15.3. The van der Waals surface area contributed by atoms with Gasteiger partial charge in [0.15, 0.2) is 6.10 Å². The van der Waals surface area contributed by atoms with Crippen molar-refractivity contribution in [1.29, 1.82) is 0 Å². The number of hydrogen-bond acceptors (Lipinski definition) is 7. The van der Waals surface area contributed by atoms with Crippen molar-refractivity contribution in [3.63, 3.8) is 0 Å². The molecular weight excluding hydrogens is 386 g/mol. The van der Waals surface area contributed by atoms with E-state index in [0.29, 0.717) is 0 Å². The van der Waals surface area contributed by atoms with Crippen LogP contribution in [0.15, 0.2) is 29.6 Å². The molecule has 1 aromatic heterocycles. The van der Waals surface area contributed by atoms with Crippen LogP contribution in [-0.4, -0.2) is 28.8 Å². The van der Waals surface area contributed by atoms with Gasteiger partial charge in [0.1, 0.15) is 10.6 Å². The van der Waals surface area contributed by atoms with E-state index in [1.54, 1.807) is 5.38 Å². The highest BCUT2D eigenvalue weighted by molar-refractivity contribution is 7.14. The van der Waals surface area contributed by atoms with Crippen molar-refractivity contribution in [3.8, 4) is 0 Å². The van der Waals surface area contributed by atoms with E-state index in [1.807, 2.05) is 0 Å². The number of nitro groups is 1. The highest BCUT2D eigenvalue weighted by Gasteiger charge is 2.26. The van der Waals surface area contributed by atoms with Gasteiger partial charge in [0.25, 0.3) is 17.5 Å². The maximum atomic E-state index is 12.2. The van der Waals surface area contributed by atoms with Crippen LogP contribution < -0.4 is 11.1 Å². The number of rotatable bonds is 6. The van der Waals surface area contributed by atoms with Gasteiger partial charge in [-0.05, 0) is 30.5 Å². The predicted molar refractivity (Wildman–Crippen MR) is 94.5 cm³/mol. The van der Waals surface area contributed by atoms with E-state index in [1.165, 1.54) is 19.1 Å². The molecule has 26 heavy (non-hydrogen) atoms. The van der Waals surface area contributed by atoms with Crippen molar-refractivity contribution in [1.82, 2.24) is 0 Å². The average molecular weight is 398 g/mol. The van der Waals surface area contributed by atoms with Crippen molar-refractivity contribution >= 4 is 51.4 Å². The number of nitrogens with zero attached hydrogens (tertiary/aromatic N) is 1. The lowest BCUT2D eigenvalue weighted by Crippen LogP contribution is -2.30. The third-order valence-electron chi connectivity index (χ3n) is 3.20. The summed E-state index contributed by atoms with van der Waals surface area (Å²) in [7, 11) is 0. The fraction of sp³-hybridized carbons (Fsp3) is 0.133. The smallest absolute Gasteiger partial charge is 0.345 e. The monoisotopic (exact) mass is 397 g/mol. The van der Waals surface area contributed by atoms with Gasteiger partial charge in [-0.1, -0.05) is 11.6 Å². The molecule has 136 valence electrons. The van der Waals surface area contributed by atoms with Crippen LogP contribution in [-0.2, 0) is 9.53 Å². The Morgan fingerprint density at radius 1 is 1.31 bits per heavy atom. The van der Waals surface area contributed by atoms with Gasteiger partial charge >= 0.3 is 5.97 Å². The lowest BCUT2D eigenvalue weighted by Gasteiger charge is -2.13. The quantitative estimate of drug-likeness (QED) is 0.435. The number of ether oxygens (including phenoxy) is 1. The minimum atomic E-state index is -1.28. The minimum absolute atomic E-state index is 0.0794. The molecule has 11 heteroatoms. The second kappa shape index (κ2) is 7.93. The number of amides is 2. The molecule has 2 aromatic rings. The van der Waals surface area contributed by atoms with E-state index < -0.39 is 34.5 Å². The van der Waals surface area contributed by atoms with Crippen LogP contribution in [0, 0.1) is 10.1 Å².